The van der Waals surface area contributed by atoms with Crippen LogP contribution in [-0.4, -0.2) is 66.2 Å². The number of ether oxygens (including phenoxy) is 2. The summed E-state index contributed by atoms with van der Waals surface area (Å²) in [6, 6.07) is 9.02. The molecule has 1 aromatic carbocycles. The lowest BCUT2D eigenvalue weighted by Crippen LogP contribution is -2.44. The van der Waals surface area contributed by atoms with Gasteiger partial charge in [-0.3, -0.25) is 9.09 Å². The number of hydrogen-bond acceptors (Lipinski definition) is 10. The Hall–Kier alpha value is -2.64. The summed E-state index contributed by atoms with van der Waals surface area (Å²) < 4.78 is 29.8. The second-order valence-electron chi connectivity index (χ2n) is 7.75. The number of nitrogens with one attached hydrogen (secondary N) is 1. The number of imidazole rings is 1. The molecule has 13 nitrogen and oxygen atoms in total. The molecule has 3 aromatic rings. The molecule has 1 aliphatic rings. The number of methoxy groups -OCH3 is 1. The number of rotatable bonds is 8. The molecule has 0 bridgehead atoms. The first-order valence-electron chi connectivity index (χ1n) is 9.98. The second kappa shape index (κ2) is 8.95. The van der Waals surface area contributed by atoms with Gasteiger partial charge in [0.25, 0.3) is 0 Å². The van der Waals surface area contributed by atoms with Crippen LogP contribution >= 0.6 is 7.75 Å². The van der Waals surface area contributed by atoms with Crippen LogP contribution < -0.4 is 15.6 Å². The van der Waals surface area contributed by atoms with Crippen molar-refractivity contribution in [2.24, 2.45) is 0 Å². The largest absolute Gasteiger partial charge is 0.479 e. The van der Waals surface area contributed by atoms with Crippen LogP contribution in [0.1, 0.15) is 18.7 Å². The molecule has 2 aromatic heterocycles. The molecule has 0 spiro atoms. The van der Waals surface area contributed by atoms with E-state index in [1.54, 1.807) is 24.3 Å². The smallest absolute Gasteiger partial charge is 0.403 e. The predicted molar refractivity (Wildman–Crippen MR) is 116 cm³/mol. The lowest BCUT2D eigenvalue weighted by Gasteiger charge is -2.27. The first-order valence-corrected chi connectivity index (χ1v) is 11.6. The zero-order valence-electron chi connectivity index (χ0n) is 17.9. The molecule has 3 heterocycles. The van der Waals surface area contributed by atoms with Gasteiger partial charge in [0.15, 0.2) is 17.4 Å². The van der Waals surface area contributed by atoms with Crippen molar-refractivity contribution in [2.75, 3.05) is 19.5 Å². The fourth-order valence-corrected chi connectivity index (χ4v) is 4.43. The Bertz CT molecular complexity index is 1170. The van der Waals surface area contributed by atoms with E-state index in [1.165, 1.54) is 24.9 Å². The maximum atomic E-state index is 12.4. The molecule has 178 valence electrons. The third-order valence-electron chi connectivity index (χ3n) is 5.35. The summed E-state index contributed by atoms with van der Waals surface area (Å²) >= 11 is 0. The van der Waals surface area contributed by atoms with Crippen LogP contribution in [0, 0.1) is 0 Å². The van der Waals surface area contributed by atoms with Crippen molar-refractivity contribution < 1.29 is 33.7 Å². The van der Waals surface area contributed by atoms with E-state index in [1.807, 2.05) is 6.07 Å². The van der Waals surface area contributed by atoms with E-state index in [9.17, 15) is 19.7 Å². The Morgan fingerprint density at radius 1 is 1.33 bits per heavy atom. The third kappa shape index (κ3) is 4.70. The van der Waals surface area contributed by atoms with Gasteiger partial charge >= 0.3 is 7.75 Å². The minimum Gasteiger partial charge on any atom is -0.479 e. The number of benzene rings is 1. The molecule has 5 atom stereocenters. The standard InChI is InChI=1S/C19H25N6O7P/c1-19(27)14(26)12(9-31-33(28,29)22-8-11-6-4-3-5-7-11)32-17(19)25-10-21-13-15(25)23-18(20)24-16(13)30-2/h3-7,10,12,14,17,26-27H,8-9H2,1-2H3,(H2,20,23,24)(H2,22,28,29)/t12?,14-,17?,19-/m1/s1. The molecule has 14 heteroatoms. The molecular weight excluding hydrogens is 455 g/mol. The lowest BCUT2D eigenvalue weighted by atomic mass is 9.96. The van der Waals surface area contributed by atoms with Crippen LogP contribution in [0.15, 0.2) is 36.7 Å². The second-order valence-corrected chi connectivity index (χ2v) is 9.36. The number of fused-ring (bicyclic) bond motifs is 1. The number of nitrogen functional groups attached to an aromatic ring is 1. The third-order valence-corrected chi connectivity index (χ3v) is 6.40. The highest BCUT2D eigenvalue weighted by Gasteiger charge is 2.54. The average Bonchev–Trinajstić information content (AvgIpc) is 3.29. The number of aromatic nitrogens is 4. The molecule has 0 amide bonds. The minimum absolute atomic E-state index is 0.0788. The number of anilines is 1. The molecule has 4 rings (SSSR count). The van der Waals surface area contributed by atoms with E-state index in [0.717, 1.165) is 5.56 Å². The van der Waals surface area contributed by atoms with Crippen molar-refractivity contribution in [1.29, 1.82) is 0 Å². The van der Waals surface area contributed by atoms with Gasteiger partial charge in [-0.05, 0) is 12.5 Å². The summed E-state index contributed by atoms with van der Waals surface area (Å²) in [5.41, 5.74) is 5.21. The van der Waals surface area contributed by atoms with E-state index in [0.29, 0.717) is 0 Å². The minimum atomic E-state index is -4.21. The summed E-state index contributed by atoms with van der Waals surface area (Å²) in [5, 5.41) is 24.1. The van der Waals surface area contributed by atoms with Gasteiger partial charge in [0, 0.05) is 6.54 Å². The topological polar surface area (TPSA) is 187 Å². The van der Waals surface area contributed by atoms with E-state index in [4.69, 9.17) is 19.7 Å². The first-order chi connectivity index (χ1) is 15.6. The predicted octanol–water partition coefficient (Wildman–Crippen LogP) is 0.333. The average molecular weight is 480 g/mol. The summed E-state index contributed by atoms with van der Waals surface area (Å²) in [6.07, 6.45) is -2.38. The highest BCUT2D eigenvalue weighted by atomic mass is 31.2. The van der Waals surface area contributed by atoms with Gasteiger partial charge in [0.2, 0.25) is 11.8 Å². The normalized spacial score (nSPS) is 27.0. The van der Waals surface area contributed by atoms with E-state index >= 15 is 0 Å². The number of aliphatic hydroxyl groups is 2. The molecule has 3 unspecified atom stereocenters. The number of nitrogens with two attached hydrogens (primary N) is 1. The van der Waals surface area contributed by atoms with Crippen molar-refractivity contribution in [3.63, 3.8) is 0 Å². The number of nitrogens with zero attached hydrogens (tertiary/aromatic N) is 4. The van der Waals surface area contributed by atoms with E-state index in [2.05, 4.69) is 20.0 Å². The van der Waals surface area contributed by atoms with E-state index in [-0.39, 0.29) is 29.5 Å². The monoisotopic (exact) mass is 480 g/mol. The van der Waals surface area contributed by atoms with Gasteiger partial charge in [-0.15, -0.1) is 0 Å². The highest BCUT2D eigenvalue weighted by molar-refractivity contribution is 7.50. The molecule has 1 aliphatic heterocycles. The maximum absolute atomic E-state index is 12.4. The Labute approximate surface area is 188 Å². The molecule has 6 N–H and O–H groups in total. The van der Waals surface area contributed by atoms with Crippen LogP contribution in [0.25, 0.3) is 11.2 Å². The zero-order chi connectivity index (χ0) is 23.8. The SMILES string of the molecule is COc1nc(N)nc2c1ncn2C1OC(COP(=O)(O)NCc2ccccc2)[C@@H](O)[C@@]1(C)O. The van der Waals surface area contributed by atoms with Crippen molar-refractivity contribution in [2.45, 2.75) is 37.5 Å². The Morgan fingerprint density at radius 2 is 2.06 bits per heavy atom. The molecule has 0 aliphatic carbocycles. The molecule has 1 saturated heterocycles. The molecule has 0 saturated carbocycles. The lowest BCUT2D eigenvalue weighted by molar-refractivity contribution is -0.0948. The van der Waals surface area contributed by atoms with Gasteiger partial charge in [0.05, 0.1) is 20.0 Å². The van der Waals surface area contributed by atoms with Crippen molar-refractivity contribution in [1.82, 2.24) is 24.6 Å². The van der Waals surface area contributed by atoms with Gasteiger partial charge in [-0.2, -0.15) is 9.97 Å². The fourth-order valence-electron chi connectivity index (χ4n) is 3.61. The van der Waals surface area contributed by atoms with Crippen LogP contribution in [0.2, 0.25) is 0 Å². The van der Waals surface area contributed by atoms with Gasteiger partial charge < -0.3 is 30.3 Å². The summed E-state index contributed by atoms with van der Waals surface area (Å²) in [4.78, 5) is 22.4. The van der Waals surface area contributed by atoms with Gasteiger partial charge in [-0.25, -0.2) is 14.6 Å². The van der Waals surface area contributed by atoms with Crippen LogP contribution in [0.5, 0.6) is 5.88 Å². The van der Waals surface area contributed by atoms with Crippen molar-refractivity contribution in [3.8, 4) is 5.88 Å². The first kappa shape index (κ1) is 23.5. The zero-order valence-corrected chi connectivity index (χ0v) is 18.8. The summed E-state index contributed by atoms with van der Waals surface area (Å²) in [5.74, 6) is 0.0601. The molecule has 0 radical (unpaired) electrons. The molecular formula is C19H25N6O7P. The number of aliphatic hydroxyl groups excluding tert-OH is 1. The maximum Gasteiger partial charge on any atom is 0.403 e. The summed E-state index contributed by atoms with van der Waals surface area (Å²) in [7, 11) is -2.81. The quantitative estimate of drug-likeness (QED) is 0.279. The highest BCUT2D eigenvalue weighted by Crippen LogP contribution is 2.43. The van der Waals surface area contributed by atoms with Crippen molar-refractivity contribution >= 4 is 24.9 Å². The molecule has 33 heavy (non-hydrogen) atoms. The summed E-state index contributed by atoms with van der Waals surface area (Å²) in [6.45, 7) is 1.01. The van der Waals surface area contributed by atoms with Gasteiger partial charge in [0.1, 0.15) is 17.8 Å². The number of hydrogen-bond donors (Lipinski definition) is 5. The Morgan fingerprint density at radius 3 is 2.76 bits per heavy atom. The Balaban J connectivity index is 1.48. The van der Waals surface area contributed by atoms with Crippen LogP contribution in [0.4, 0.5) is 5.95 Å². The fraction of sp³-hybridized carbons (Fsp3) is 0.421. The van der Waals surface area contributed by atoms with Crippen molar-refractivity contribution in [3.05, 3.63) is 42.2 Å². The van der Waals surface area contributed by atoms with Crippen LogP contribution in [-0.2, 0) is 20.4 Å². The molecule has 1 fully saturated rings. The van der Waals surface area contributed by atoms with Gasteiger partial charge in [-0.1, -0.05) is 30.3 Å². The van der Waals surface area contributed by atoms with E-state index < -0.39 is 38.4 Å². The Kier molecular flexibility index (Phi) is 6.38. The van der Waals surface area contributed by atoms with Crippen LogP contribution in [0.3, 0.4) is 0 Å².